The maximum Gasteiger partial charge on any atom is 0.309 e. The van der Waals surface area contributed by atoms with Crippen molar-refractivity contribution < 1.29 is 14.7 Å². The van der Waals surface area contributed by atoms with Crippen LogP contribution in [0.1, 0.15) is 44.9 Å². The Bertz CT molecular complexity index is 250. The Morgan fingerprint density at radius 3 is 2.41 bits per heavy atom. The lowest BCUT2D eigenvalue weighted by molar-refractivity contribution is -0.139. The van der Waals surface area contributed by atoms with E-state index in [4.69, 9.17) is 5.11 Å². The van der Waals surface area contributed by atoms with E-state index in [2.05, 4.69) is 10.6 Å². The molecule has 0 spiro atoms. The van der Waals surface area contributed by atoms with Crippen LogP contribution in [0.4, 0.5) is 0 Å². The van der Waals surface area contributed by atoms with E-state index in [0.717, 1.165) is 44.9 Å². The second-order valence-electron chi connectivity index (χ2n) is 4.50. The van der Waals surface area contributed by atoms with E-state index in [-0.39, 0.29) is 12.6 Å². The molecule has 0 unspecified atom stereocenters. The Morgan fingerprint density at radius 1 is 1.06 bits per heavy atom. The molecule has 2 amide bonds. The normalized spacial score (nSPS) is 15.8. The summed E-state index contributed by atoms with van der Waals surface area (Å²) in [6.45, 7) is 0.674. The molecule has 3 N–H and O–H groups in total. The predicted octanol–water partition coefficient (Wildman–Crippen LogP) is 0.324. The molecule has 0 aromatic heterocycles. The third-order valence-corrected chi connectivity index (χ3v) is 3.02. The van der Waals surface area contributed by atoms with Gasteiger partial charge in [-0.25, -0.2) is 0 Å². The molecule has 5 nitrogen and oxygen atoms in total. The maximum atomic E-state index is 11.5. The first-order valence-corrected chi connectivity index (χ1v) is 6.43. The lowest BCUT2D eigenvalue weighted by atomic mass is 10.2. The Morgan fingerprint density at radius 2 is 1.76 bits per heavy atom. The van der Waals surface area contributed by atoms with Crippen molar-refractivity contribution in [2.45, 2.75) is 51.0 Å². The van der Waals surface area contributed by atoms with E-state index >= 15 is 0 Å². The number of rotatable bonds is 6. The van der Waals surface area contributed by atoms with Crippen LogP contribution in [0.2, 0.25) is 0 Å². The largest absolute Gasteiger partial charge is 0.396 e. The standard InChI is InChI=1S/C12H22N2O3/c15-9-5-1-4-8-13-11(16)12(17)14-10-6-2-3-7-10/h10,15H,1-9H2,(H,13,16)(H,14,17). The first-order valence-electron chi connectivity index (χ1n) is 6.43. The van der Waals surface area contributed by atoms with Gasteiger partial charge < -0.3 is 15.7 Å². The number of amides is 2. The first-order chi connectivity index (χ1) is 8.24. The highest BCUT2D eigenvalue weighted by molar-refractivity contribution is 6.35. The summed E-state index contributed by atoms with van der Waals surface area (Å²) in [7, 11) is 0. The van der Waals surface area contributed by atoms with Gasteiger partial charge in [-0.05, 0) is 32.1 Å². The number of aliphatic hydroxyl groups excluding tert-OH is 1. The van der Waals surface area contributed by atoms with E-state index in [9.17, 15) is 9.59 Å². The quantitative estimate of drug-likeness (QED) is 0.464. The molecule has 1 rings (SSSR count). The van der Waals surface area contributed by atoms with E-state index in [1.54, 1.807) is 0 Å². The molecule has 1 fully saturated rings. The van der Waals surface area contributed by atoms with Gasteiger partial charge in [-0.2, -0.15) is 0 Å². The van der Waals surface area contributed by atoms with E-state index < -0.39 is 11.8 Å². The molecule has 0 radical (unpaired) electrons. The molecule has 5 heteroatoms. The van der Waals surface area contributed by atoms with Gasteiger partial charge >= 0.3 is 11.8 Å². The summed E-state index contributed by atoms with van der Waals surface area (Å²) in [4.78, 5) is 22.8. The summed E-state index contributed by atoms with van der Waals surface area (Å²) >= 11 is 0. The highest BCUT2D eigenvalue weighted by Crippen LogP contribution is 2.17. The minimum atomic E-state index is -0.541. The third-order valence-electron chi connectivity index (χ3n) is 3.02. The van der Waals surface area contributed by atoms with Crippen molar-refractivity contribution in [2.24, 2.45) is 0 Å². The van der Waals surface area contributed by atoms with E-state index in [1.807, 2.05) is 0 Å². The lowest BCUT2D eigenvalue weighted by Gasteiger charge is -2.11. The summed E-state index contributed by atoms with van der Waals surface area (Å²) in [5, 5.41) is 13.9. The van der Waals surface area contributed by atoms with E-state index in [0.29, 0.717) is 6.54 Å². The summed E-state index contributed by atoms with van der Waals surface area (Å²) in [5.41, 5.74) is 0. The molecular formula is C12H22N2O3. The molecule has 1 aliphatic carbocycles. The molecular weight excluding hydrogens is 220 g/mol. The van der Waals surface area contributed by atoms with Gasteiger partial charge in [0.15, 0.2) is 0 Å². The molecule has 1 aliphatic rings. The number of unbranched alkanes of at least 4 members (excludes halogenated alkanes) is 2. The van der Waals surface area contributed by atoms with Crippen LogP contribution in [0.15, 0.2) is 0 Å². The molecule has 0 aliphatic heterocycles. The van der Waals surface area contributed by atoms with Crippen molar-refractivity contribution in [3.8, 4) is 0 Å². The molecule has 0 bridgehead atoms. The fourth-order valence-corrected chi connectivity index (χ4v) is 2.02. The fourth-order valence-electron chi connectivity index (χ4n) is 2.02. The minimum Gasteiger partial charge on any atom is -0.396 e. The number of hydrogen-bond acceptors (Lipinski definition) is 3. The maximum absolute atomic E-state index is 11.5. The number of carbonyl (C=O) groups is 2. The van der Waals surface area contributed by atoms with Gasteiger partial charge in [-0.1, -0.05) is 12.8 Å². The molecule has 0 aromatic carbocycles. The molecule has 0 atom stereocenters. The van der Waals surface area contributed by atoms with Crippen molar-refractivity contribution in [1.82, 2.24) is 10.6 Å². The zero-order valence-electron chi connectivity index (χ0n) is 10.2. The Kier molecular flexibility index (Phi) is 6.62. The van der Waals surface area contributed by atoms with Gasteiger partial charge in [0.1, 0.15) is 0 Å². The van der Waals surface area contributed by atoms with Crippen LogP contribution in [0.3, 0.4) is 0 Å². The van der Waals surface area contributed by atoms with Gasteiger partial charge in [0.2, 0.25) is 0 Å². The Labute approximate surface area is 102 Å². The second kappa shape index (κ2) is 8.06. The van der Waals surface area contributed by atoms with Crippen LogP contribution in [0.25, 0.3) is 0 Å². The van der Waals surface area contributed by atoms with Crippen LogP contribution in [-0.2, 0) is 9.59 Å². The minimum absolute atomic E-state index is 0.177. The van der Waals surface area contributed by atoms with Crippen LogP contribution in [0.5, 0.6) is 0 Å². The van der Waals surface area contributed by atoms with Crippen molar-refractivity contribution in [3.05, 3.63) is 0 Å². The average molecular weight is 242 g/mol. The molecule has 17 heavy (non-hydrogen) atoms. The van der Waals surface area contributed by atoms with Gasteiger partial charge in [-0.15, -0.1) is 0 Å². The van der Waals surface area contributed by atoms with Crippen LogP contribution < -0.4 is 10.6 Å². The van der Waals surface area contributed by atoms with Crippen LogP contribution >= 0.6 is 0 Å². The first kappa shape index (κ1) is 14.0. The lowest BCUT2D eigenvalue weighted by Crippen LogP contribution is -2.43. The van der Waals surface area contributed by atoms with Crippen molar-refractivity contribution in [1.29, 1.82) is 0 Å². The molecule has 0 aromatic rings. The molecule has 0 heterocycles. The summed E-state index contributed by atoms with van der Waals surface area (Å²) in [6, 6.07) is 0.183. The fraction of sp³-hybridized carbons (Fsp3) is 0.833. The topological polar surface area (TPSA) is 78.4 Å². The summed E-state index contributed by atoms with van der Waals surface area (Å²) in [6.07, 6.45) is 6.63. The summed E-state index contributed by atoms with van der Waals surface area (Å²) < 4.78 is 0. The predicted molar refractivity (Wildman–Crippen MR) is 64.3 cm³/mol. The summed E-state index contributed by atoms with van der Waals surface area (Å²) in [5.74, 6) is -1.06. The van der Waals surface area contributed by atoms with Crippen molar-refractivity contribution in [2.75, 3.05) is 13.2 Å². The SMILES string of the molecule is O=C(NCCCCCO)C(=O)NC1CCCC1. The van der Waals surface area contributed by atoms with Gasteiger partial charge in [0.05, 0.1) is 0 Å². The number of nitrogens with one attached hydrogen (secondary N) is 2. The van der Waals surface area contributed by atoms with Gasteiger partial charge in [0.25, 0.3) is 0 Å². The number of hydrogen-bond donors (Lipinski definition) is 3. The van der Waals surface area contributed by atoms with Crippen LogP contribution in [-0.4, -0.2) is 36.1 Å². The van der Waals surface area contributed by atoms with Gasteiger partial charge in [0, 0.05) is 19.2 Å². The zero-order valence-corrected chi connectivity index (χ0v) is 10.2. The Hall–Kier alpha value is -1.10. The Balaban J connectivity index is 2.07. The number of carbonyl (C=O) groups excluding carboxylic acids is 2. The van der Waals surface area contributed by atoms with Gasteiger partial charge in [-0.3, -0.25) is 9.59 Å². The average Bonchev–Trinajstić information content (AvgIpc) is 2.81. The van der Waals surface area contributed by atoms with E-state index in [1.165, 1.54) is 0 Å². The zero-order chi connectivity index (χ0) is 12.5. The molecule has 98 valence electrons. The second-order valence-corrected chi connectivity index (χ2v) is 4.50. The third kappa shape index (κ3) is 5.68. The highest BCUT2D eigenvalue weighted by Gasteiger charge is 2.20. The monoisotopic (exact) mass is 242 g/mol. The van der Waals surface area contributed by atoms with Crippen LogP contribution in [0, 0.1) is 0 Å². The van der Waals surface area contributed by atoms with Crippen molar-refractivity contribution in [3.63, 3.8) is 0 Å². The highest BCUT2D eigenvalue weighted by atomic mass is 16.3. The van der Waals surface area contributed by atoms with Crippen molar-refractivity contribution >= 4 is 11.8 Å². The smallest absolute Gasteiger partial charge is 0.309 e. The molecule has 1 saturated carbocycles. The number of aliphatic hydroxyl groups is 1. The molecule has 0 saturated heterocycles.